The van der Waals surface area contributed by atoms with Crippen molar-refractivity contribution < 1.29 is 4.79 Å². The number of Topliss-reactive ketones (excluding diaryl/α,β-unsaturated/α-hetero) is 1. The van der Waals surface area contributed by atoms with E-state index in [0.717, 1.165) is 16.8 Å². The van der Waals surface area contributed by atoms with Crippen molar-refractivity contribution in [2.24, 2.45) is 5.73 Å². The van der Waals surface area contributed by atoms with Crippen LogP contribution in [0.15, 0.2) is 83.6 Å². The number of nitrogens with zero attached hydrogens (tertiary/aromatic N) is 4. The van der Waals surface area contributed by atoms with Gasteiger partial charge >= 0.3 is 0 Å². The summed E-state index contributed by atoms with van der Waals surface area (Å²) in [6.45, 7) is 0. The Balaban J connectivity index is 1.71. The number of carbonyl (C=O) groups excluding carboxylic acids is 1. The monoisotopic (exact) mass is 442 g/mol. The number of hydrogen-bond acceptors (Lipinski definition) is 6. The highest BCUT2D eigenvalue weighted by atomic mass is 35.5. The minimum absolute atomic E-state index is 0.00447. The first-order valence-corrected chi connectivity index (χ1v) is 10.6. The van der Waals surface area contributed by atoms with E-state index in [0.29, 0.717) is 35.0 Å². The Kier molecular flexibility index (Phi) is 5.00. The van der Waals surface area contributed by atoms with Gasteiger partial charge in [-0.2, -0.15) is 15.3 Å². The van der Waals surface area contributed by atoms with Gasteiger partial charge in [0.15, 0.2) is 5.78 Å². The highest BCUT2D eigenvalue weighted by Crippen LogP contribution is 2.48. The molecule has 1 aliphatic heterocycles. The van der Waals surface area contributed by atoms with Crippen LogP contribution in [0.2, 0.25) is 5.02 Å². The summed E-state index contributed by atoms with van der Waals surface area (Å²) in [5.41, 5.74) is 10.0. The van der Waals surface area contributed by atoms with E-state index in [1.165, 1.54) is 6.33 Å². The van der Waals surface area contributed by atoms with Crippen molar-refractivity contribution in [3.05, 3.63) is 99.7 Å². The number of hydrogen-bond donors (Lipinski definition) is 2. The Bertz CT molecular complexity index is 1270. The summed E-state index contributed by atoms with van der Waals surface area (Å²) < 4.78 is 0. The molecule has 2 heterocycles. The first-order chi connectivity index (χ1) is 15.6. The maximum atomic E-state index is 13.6. The molecular formula is C24H19ClN6O. The summed E-state index contributed by atoms with van der Waals surface area (Å²) in [6.07, 6.45) is 2.31. The number of ketones is 1. The Hall–Kier alpha value is -3.89. The third kappa shape index (κ3) is 3.26. The molecule has 7 nitrogen and oxygen atoms in total. The lowest BCUT2D eigenvalue weighted by atomic mass is 9.72. The van der Waals surface area contributed by atoms with E-state index in [1.807, 2.05) is 42.5 Å². The van der Waals surface area contributed by atoms with Crippen LogP contribution in [0, 0.1) is 11.3 Å². The van der Waals surface area contributed by atoms with Gasteiger partial charge in [-0.15, -0.1) is 0 Å². The van der Waals surface area contributed by atoms with Crippen molar-refractivity contribution in [3.63, 3.8) is 0 Å². The predicted molar refractivity (Wildman–Crippen MR) is 120 cm³/mol. The molecule has 5 rings (SSSR count). The van der Waals surface area contributed by atoms with Crippen molar-refractivity contribution in [2.45, 2.75) is 24.7 Å². The first kappa shape index (κ1) is 20.0. The summed E-state index contributed by atoms with van der Waals surface area (Å²) in [6, 6.07) is 19.4. The fourth-order valence-corrected chi connectivity index (χ4v) is 4.75. The highest BCUT2D eigenvalue weighted by Gasteiger charge is 2.43. The first-order valence-electron chi connectivity index (χ1n) is 10.2. The lowest BCUT2D eigenvalue weighted by Gasteiger charge is -2.40. The number of H-pyrrole nitrogens is 1. The molecule has 8 heteroatoms. The Morgan fingerprint density at radius 2 is 1.84 bits per heavy atom. The van der Waals surface area contributed by atoms with Crippen molar-refractivity contribution in [1.82, 2.24) is 15.2 Å². The number of carbonyl (C=O) groups is 1. The number of halogens is 1. The van der Waals surface area contributed by atoms with Crippen LogP contribution in [0.1, 0.15) is 35.8 Å². The standard InChI is InChI=1S/C24H19ClN6O/c25-17-8-6-15(7-9-17)21-18(12-26)23(27)31(24-28-13-29-30-24)19-10-16(11-20(32)22(19)21)14-4-2-1-3-5-14/h1-9,13,16,21H,10-11,27H2,(H,28,29,30)/t16-,21+/m0/s1. The Morgan fingerprint density at radius 3 is 2.50 bits per heavy atom. The average molecular weight is 443 g/mol. The van der Waals surface area contributed by atoms with Crippen molar-refractivity contribution >= 4 is 23.3 Å². The van der Waals surface area contributed by atoms with Crippen LogP contribution in [0.3, 0.4) is 0 Å². The fourth-order valence-electron chi connectivity index (χ4n) is 4.63. The molecule has 0 bridgehead atoms. The second kappa shape index (κ2) is 7.98. The largest absolute Gasteiger partial charge is 0.384 e. The van der Waals surface area contributed by atoms with Crippen LogP contribution in [0.25, 0.3) is 0 Å². The summed E-state index contributed by atoms with van der Waals surface area (Å²) in [7, 11) is 0. The van der Waals surface area contributed by atoms with E-state index in [2.05, 4.69) is 21.3 Å². The highest BCUT2D eigenvalue weighted by molar-refractivity contribution is 6.30. The zero-order valence-electron chi connectivity index (χ0n) is 17.0. The molecule has 0 amide bonds. The molecule has 0 saturated heterocycles. The predicted octanol–water partition coefficient (Wildman–Crippen LogP) is 4.16. The van der Waals surface area contributed by atoms with Crippen LogP contribution in [-0.2, 0) is 4.79 Å². The number of aromatic amines is 1. The lowest BCUT2D eigenvalue weighted by molar-refractivity contribution is -0.116. The van der Waals surface area contributed by atoms with Crippen molar-refractivity contribution in [3.8, 4) is 6.07 Å². The van der Waals surface area contributed by atoms with E-state index in [9.17, 15) is 10.1 Å². The summed E-state index contributed by atoms with van der Waals surface area (Å²) in [4.78, 5) is 19.5. The van der Waals surface area contributed by atoms with Crippen LogP contribution in [-0.4, -0.2) is 21.0 Å². The fraction of sp³-hybridized carbons (Fsp3) is 0.167. The van der Waals surface area contributed by atoms with Gasteiger partial charge in [0.25, 0.3) is 0 Å². The SMILES string of the molecule is N#CC1=C(N)N(c2ncn[nH]2)C2=C(C(=O)C[C@@H](c3ccccc3)C2)[C@@H]1c1ccc(Cl)cc1. The van der Waals surface area contributed by atoms with Gasteiger partial charge in [0, 0.05) is 22.7 Å². The quantitative estimate of drug-likeness (QED) is 0.630. The minimum Gasteiger partial charge on any atom is -0.384 e. The number of allylic oxidation sites excluding steroid dienone is 3. The van der Waals surface area contributed by atoms with E-state index in [-0.39, 0.29) is 17.5 Å². The van der Waals surface area contributed by atoms with Gasteiger partial charge in [-0.3, -0.25) is 9.69 Å². The van der Waals surface area contributed by atoms with Gasteiger partial charge in [-0.1, -0.05) is 54.1 Å². The number of anilines is 1. The topological polar surface area (TPSA) is 112 Å². The van der Waals surface area contributed by atoms with Crippen LogP contribution in [0.5, 0.6) is 0 Å². The summed E-state index contributed by atoms with van der Waals surface area (Å²) in [5.74, 6) is 0.0407. The second-order valence-electron chi connectivity index (χ2n) is 7.84. The molecule has 1 aliphatic carbocycles. The molecule has 0 unspecified atom stereocenters. The van der Waals surface area contributed by atoms with Gasteiger partial charge in [0.1, 0.15) is 12.1 Å². The Morgan fingerprint density at radius 1 is 1.09 bits per heavy atom. The molecule has 2 atom stereocenters. The van der Waals surface area contributed by atoms with Crippen LogP contribution >= 0.6 is 11.6 Å². The van der Waals surface area contributed by atoms with Gasteiger partial charge in [0.2, 0.25) is 5.95 Å². The normalized spacial score (nSPS) is 20.9. The second-order valence-corrected chi connectivity index (χ2v) is 8.28. The summed E-state index contributed by atoms with van der Waals surface area (Å²) >= 11 is 6.09. The van der Waals surface area contributed by atoms with E-state index < -0.39 is 5.92 Å². The van der Waals surface area contributed by atoms with Crippen LogP contribution < -0.4 is 10.6 Å². The number of nitrogens with two attached hydrogens (primary N) is 1. The Labute approximate surface area is 189 Å². The molecule has 0 fully saturated rings. The maximum absolute atomic E-state index is 13.6. The molecule has 2 aromatic carbocycles. The molecule has 158 valence electrons. The van der Waals surface area contributed by atoms with Crippen LogP contribution in [0.4, 0.5) is 5.95 Å². The van der Waals surface area contributed by atoms with E-state index in [4.69, 9.17) is 17.3 Å². The zero-order chi connectivity index (χ0) is 22.2. The molecule has 3 N–H and O–H groups in total. The molecule has 1 aromatic heterocycles. The van der Waals surface area contributed by atoms with Crippen molar-refractivity contribution in [2.75, 3.05) is 4.90 Å². The number of aromatic nitrogens is 3. The molecule has 0 radical (unpaired) electrons. The average Bonchev–Trinajstić information content (AvgIpc) is 3.34. The molecular weight excluding hydrogens is 424 g/mol. The summed E-state index contributed by atoms with van der Waals surface area (Å²) in [5, 5.41) is 17.4. The van der Waals surface area contributed by atoms with Gasteiger partial charge in [0.05, 0.1) is 17.6 Å². The number of rotatable bonds is 3. The third-order valence-electron chi connectivity index (χ3n) is 6.06. The zero-order valence-corrected chi connectivity index (χ0v) is 17.8. The van der Waals surface area contributed by atoms with Gasteiger partial charge in [-0.25, -0.2) is 5.10 Å². The smallest absolute Gasteiger partial charge is 0.231 e. The van der Waals surface area contributed by atoms with Gasteiger partial charge < -0.3 is 5.73 Å². The maximum Gasteiger partial charge on any atom is 0.231 e. The molecule has 2 aliphatic rings. The number of nitrogens with one attached hydrogen (secondary N) is 1. The van der Waals surface area contributed by atoms with Crippen molar-refractivity contribution in [1.29, 1.82) is 5.26 Å². The van der Waals surface area contributed by atoms with Gasteiger partial charge in [-0.05, 0) is 35.6 Å². The number of nitriles is 1. The molecule has 0 saturated carbocycles. The lowest BCUT2D eigenvalue weighted by Crippen LogP contribution is -2.40. The molecule has 3 aromatic rings. The minimum atomic E-state index is -0.560. The third-order valence-corrected chi connectivity index (χ3v) is 6.31. The molecule has 0 spiro atoms. The molecule has 32 heavy (non-hydrogen) atoms. The van der Waals surface area contributed by atoms with E-state index in [1.54, 1.807) is 17.0 Å². The number of benzene rings is 2. The van der Waals surface area contributed by atoms with E-state index >= 15 is 0 Å².